The molecular weight excluding hydrogens is 268 g/mol. The summed E-state index contributed by atoms with van der Waals surface area (Å²) in [4.78, 5) is 26.0. The predicted octanol–water partition coefficient (Wildman–Crippen LogP) is 0.193. The molecule has 0 aliphatic rings. The topological polar surface area (TPSA) is 149 Å². The van der Waals surface area contributed by atoms with Gasteiger partial charge in [0.15, 0.2) is 5.82 Å². The van der Waals surface area contributed by atoms with Crippen LogP contribution in [0.3, 0.4) is 0 Å². The highest BCUT2D eigenvalue weighted by Gasteiger charge is 2.24. The number of aromatic nitrogens is 2. The number of nitro groups is 1. The maximum Gasteiger partial charge on any atom is 0.306 e. The van der Waals surface area contributed by atoms with Gasteiger partial charge in [-0.3, -0.25) is 20.8 Å². The molecule has 0 aliphatic heterocycles. The summed E-state index contributed by atoms with van der Waals surface area (Å²) in [5, 5.41) is 17.0. The van der Waals surface area contributed by atoms with E-state index >= 15 is 0 Å². The Balaban J connectivity index is 2.23. The summed E-state index contributed by atoms with van der Waals surface area (Å²) >= 11 is 0. The van der Waals surface area contributed by atoms with Crippen LogP contribution in [-0.2, 0) is 6.54 Å². The first-order valence-corrected chi connectivity index (χ1v) is 5.41. The van der Waals surface area contributed by atoms with Crippen LogP contribution in [0.4, 0.5) is 11.4 Å². The van der Waals surface area contributed by atoms with E-state index in [1.165, 1.54) is 18.2 Å². The third-order valence-electron chi connectivity index (χ3n) is 2.43. The Morgan fingerprint density at radius 2 is 2.30 bits per heavy atom. The number of nitro benzene ring substituents is 1. The van der Waals surface area contributed by atoms with Crippen molar-refractivity contribution in [3.05, 3.63) is 46.1 Å². The second-order valence-corrected chi connectivity index (χ2v) is 3.63. The molecule has 0 spiro atoms. The molecule has 0 radical (unpaired) electrons. The van der Waals surface area contributed by atoms with E-state index in [-0.39, 0.29) is 23.6 Å². The fourth-order valence-electron chi connectivity index (χ4n) is 1.56. The standard InChI is InChI=1S/C10H10N6O4/c11-14-7-3-1-2-6(9(7)16(18)19)10(17)12-4-8-13-5-20-15-8/h1-3,5,14H,4,11H2,(H,12,17). The van der Waals surface area contributed by atoms with Gasteiger partial charge < -0.3 is 15.3 Å². The fraction of sp³-hybridized carbons (Fsp3) is 0.100. The number of hydrazine groups is 1. The smallest absolute Gasteiger partial charge is 0.306 e. The number of para-hydroxylation sites is 1. The highest BCUT2D eigenvalue weighted by molar-refractivity contribution is 6.00. The van der Waals surface area contributed by atoms with E-state index in [2.05, 4.69) is 25.4 Å². The molecule has 10 heteroatoms. The van der Waals surface area contributed by atoms with Crippen LogP contribution in [0.25, 0.3) is 0 Å². The Labute approximate surface area is 112 Å². The van der Waals surface area contributed by atoms with Crippen LogP contribution in [0.2, 0.25) is 0 Å². The van der Waals surface area contributed by atoms with Gasteiger partial charge in [0.2, 0.25) is 6.39 Å². The van der Waals surface area contributed by atoms with E-state index in [4.69, 9.17) is 5.84 Å². The summed E-state index contributed by atoms with van der Waals surface area (Å²) in [6.07, 6.45) is 1.11. The van der Waals surface area contributed by atoms with Crippen molar-refractivity contribution in [1.29, 1.82) is 0 Å². The minimum Gasteiger partial charge on any atom is -0.344 e. The first kappa shape index (κ1) is 13.4. The number of amides is 1. The van der Waals surface area contributed by atoms with Crippen molar-refractivity contribution in [3.8, 4) is 0 Å². The number of nitrogen functional groups attached to an aromatic ring is 1. The van der Waals surface area contributed by atoms with E-state index in [1.54, 1.807) is 0 Å². The molecule has 104 valence electrons. The Kier molecular flexibility index (Phi) is 3.86. The third kappa shape index (κ3) is 2.70. The molecule has 1 aromatic carbocycles. The van der Waals surface area contributed by atoms with Crippen LogP contribution in [0, 0.1) is 10.1 Å². The SMILES string of the molecule is NNc1cccc(C(=O)NCc2ncon2)c1[N+](=O)[O-]. The zero-order valence-electron chi connectivity index (χ0n) is 10.1. The molecule has 1 aromatic heterocycles. The average molecular weight is 278 g/mol. The van der Waals surface area contributed by atoms with Crippen molar-refractivity contribution in [2.24, 2.45) is 5.84 Å². The maximum atomic E-state index is 12.0. The molecule has 1 heterocycles. The van der Waals surface area contributed by atoms with Gasteiger partial charge >= 0.3 is 5.69 Å². The van der Waals surface area contributed by atoms with E-state index in [0.29, 0.717) is 0 Å². The van der Waals surface area contributed by atoms with Crippen LogP contribution in [0.15, 0.2) is 29.1 Å². The van der Waals surface area contributed by atoms with Gasteiger partial charge in [0.25, 0.3) is 5.91 Å². The Morgan fingerprint density at radius 1 is 1.50 bits per heavy atom. The maximum absolute atomic E-state index is 12.0. The van der Waals surface area contributed by atoms with Crippen molar-refractivity contribution in [3.63, 3.8) is 0 Å². The molecule has 0 unspecified atom stereocenters. The molecule has 0 bridgehead atoms. The normalized spacial score (nSPS) is 10.1. The van der Waals surface area contributed by atoms with E-state index in [0.717, 1.165) is 6.39 Å². The van der Waals surface area contributed by atoms with Crippen molar-refractivity contribution < 1.29 is 14.2 Å². The third-order valence-corrected chi connectivity index (χ3v) is 2.43. The van der Waals surface area contributed by atoms with Gasteiger partial charge in [0.1, 0.15) is 11.3 Å². The number of carbonyl (C=O) groups is 1. The largest absolute Gasteiger partial charge is 0.344 e. The van der Waals surface area contributed by atoms with Gasteiger partial charge in [-0.2, -0.15) is 4.98 Å². The summed E-state index contributed by atoms with van der Waals surface area (Å²) in [5.41, 5.74) is 1.71. The van der Waals surface area contributed by atoms with Crippen molar-refractivity contribution in [2.75, 3.05) is 5.43 Å². The number of carbonyl (C=O) groups excluding carboxylic acids is 1. The summed E-state index contributed by atoms with van der Waals surface area (Å²) in [5.74, 6) is 4.81. The quantitative estimate of drug-likeness (QED) is 0.398. The van der Waals surface area contributed by atoms with E-state index < -0.39 is 16.5 Å². The zero-order chi connectivity index (χ0) is 14.5. The molecule has 0 saturated carbocycles. The molecule has 10 nitrogen and oxygen atoms in total. The number of nitrogens with zero attached hydrogens (tertiary/aromatic N) is 3. The lowest BCUT2D eigenvalue weighted by atomic mass is 10.1. The Hall–Kier alpha value is -3.01. The molecule has 0 fully saturated rings. The fourth-order valence-corrected chi connectivity index (χ4v) is 1.56. The molecule has 2 rings (SSSR count). The monoisotopic (exact) mass is 278 g/mol. The van der Waals surface area contributed by atoms with Gasteiger partial charge in [-0.15, -0.1) is 0 Å². The van der Waals surface area contributed by atoms with E-state index in [9.17, 15) is 14.9 Å². The summed E-state index contributed by atoms with van der Waals surface area (Å²) in [7, 11) is 0. The first-order chi connectivity index (χ1) is 9.63. The van der Waals surface area contributed by atoms with Gasteiger partial charge in [-0.1, -0.05) is 11.2 Å². The highest BCUT2D eigenvalue weighted by Crippen LogP contribution is 2.27. The molecule has 1 amide bonds. The summed E-state index contributed by atoms with van der Waals surface area (Å²) in [6, 6.07) is 4.20. The molecule has 0 atom stereocenters. The van der Waals surface area contributed by atoms with Crippen molar-refractivity contribution >= 4 is 17.3 Å². The lowest BCUT2D eigenvalue weighted by Crippen LogP contribution is -2.24. The summed E-state index contributed by atoms with van der Waals surface area (Å²) < 4.78 is 4.50. The first-order valence-electron chi connectivity index (χ1n) is 5.41. The molecule has 4 N–H and O–H groups in total. The van der Waals surface area contributed by atoms with Crippen molar-refractivity contribution in [1.82, 2.24) is 15.5 Å². The van der Waals surface area contributed by atoms with Gasteiger partial charge in [0.05, 0.1) is 11.5 Å². The number of benzene rings is 1. The molecular formula is C10H10N6O4. The molecule has 0 aliphatic carbocycles. The number of nitrogens with two attached hydrogens (primary N) is 1. The van der Waals surface area contributed by atoms with Gasteiger partial charge in [0, 0.05) is 0 Å². The van der Waals surface area contributed by atoms with Crippen LogP contribution in [0.5, 0.6) is 0 Å². The van der Waals surface area contributed by atoms with Crippen molar-refractivity contribution in [2.45, 2.75) is 6.54 Å². The molecule has 20 heavy (non-hydrogen) atoms. The number of anilines is 1. The second-order valence-electron chi connectivity index (χ2n) is 3.63. The predicted molar refractivity (Wildman–Crippen MR) is 66.4 cm³/mol. The minimum atomic E-state index is -0.682. The number of hydrogen-bond acceptors (Lipinski definition) is 8. The second kappa shape index (κ2) is 5.75. The van der Waals surface area contributed by atoms with Crippen LogP contribution >= 0.6 is 0 Å². The molecule has 0 saturated heterocycles. The van der Waals surface area contributed by atoms with Gasteiger partial charge in [-0.25, -0.2) is 0 Å². The molecule has 2 aromatic rings. The highest BCUT2D eigenvalue weighted by atomic mass is 16.6. The van der Waals surface area contributed by atoms with Crippen LogP contribution in [0.1, 0.15) is 16.2 Å². The number of nitrogens with one attached hydrogen (secondary N) is 2. The summed E-state index contributed by atoms with van der Waals surface area (Å²) in [6.45, 7) is -0.00717. The van der Waals surface area contributed by atoms with Gasteiger partial charge in [-0.05, 0) is 12.1 Å². The van der Waals surface area contributed by atoms with E-state index in [1.807, 2.05) is 0 Å². The number of rotatable bonds is 5. The van der Waals surface area contributed by atoms with Crippen LogP contribution < -0.4 is 16.6 Å². The average Bonchev–Trinajstić information content (AvgIpc) is 2.96. The van der Waals surface area contributed by atoms with Crippen LogP contribution in [-0.4, -0.2) is 21.0 Å². The lowest BCUT2D eigenvalue weighted by molar-refractivity contribution is -0.384. The Morgan fingerprint density at radius 3 is 2.90 bits per heavy atom. The Bertz CT molecular complexity index is 627. The zero-order valence-corrected chi connectivity index (χ0v) is 10.1. The number of hydrogen-bond donors (Lipinski definition) is 3. The minimum absolute atomic E-state index is 0.00717. The lowest BCUT2D eigenvalue weighted by Gasteiger charge is -2.07.